The van der Waals surface area contributed by atoms with Crippen molar-refractivity contribution < 1.29 is 19.3 Å². The molecular weight excluding hydrogens is 330 g/mol. The second kappa shape index (κ2) is 8.26. The normalized spacial score (nSPS) is 29.0. The number of fused-ring (bicyclic) bond motifs is 1. The molecule has 1 aliphatic carbocycles. The third kappa shape index (κ3) is 3.63. The first-order valence-corrected chi connectivity index (χ1v) is 9.69. The van der Waals surface area contributed by atoms with E-state index in [1.54, 1.807) is 7.11 Å². The Kier molecular flexibility index (Phi) is 6.23. The molecule has 5 heteroatoms. The Morgan fingerprint density at radius 1 is 1.19 bits per heavy atom. The number of hydrogen-bond donors (Lipinski definition) is 1. The van der Waals surface area contributed by atoms with E-state index in [1.807, 2.05) is 7.11 Å². The summed E-state index contributed by atoms with van der Waals surface area (Å²) in [5.74, 6) is 0.953. The van der Waals surface area contributed by atoms with E-state index in [4.69, 9.17) is 19.3 Å². The monoisotopic (exact) mass is 363 g/mol. The van der Waals surface area contributed by atoms with Crippen molar-refractivity contribution >= 4 is 0 Å². The minimum atomic E-state index is -0.0471. The molecule has 0 amide bonds. The molecule has 1 aromatic carbocycles. The maximum absolute atomic E-state index is 9.06. The maximum atomic E-state index is 9.06. The highest BCUT2D eigenvalue weighted by atomic mass is 16.5. The number of ether oxygens (including phenoxy) is 3. The first-order chi connectivity index (χ1) is 12.5. The molecule has 2 aliphatic rings. The van der Waals surface area contributed by atoms with Crippen molar-refractivity contribution in [1.82, 2.24) is 4.90 Å². The summed E-state index contributed by atoms with van der Waals surface area (Å²) in [5, 5.41) is 9.06. The van der Waals surface area contributed by atoms with Gasteiger partial charge in [0.05, 0.1) is 32.0 Å². The molecule has 3 rings (SSSR count). The fourth-order valence-corrected chi connectivity index (χ4v) is 4.78. The van der Waals surface area contributed by atoms with Gasteiger partial charge in [-0.1, -0.05) is 6.07 Å². The Balaban J connectivity index is 1.77. The van der Waals surface area contributed by atoms with Gasteiger partial charge in [0.25, 0.3) is 0 Å². The van der Waals surface area contributed by atoms with Crippen molar-refractivity contribution in [3.05, 3.63) is 28.8 Å². The van der Waals surface area contributed by atoms with Gasteiger partial charge in [-0.3, -0.25) is 4.90 Å². The number of hydrogen-bond acceptors (Lipinski definition) is 5. The van der Waals surface area contributed by atoms with E-state index in [2.05, 4.69) is 30.9 Å². The standard InChI is InChI=1S/C21H33NO4/c1-15-16(2)19(24-3)6-5-17(15)14-22-10-9-21(25-4)8-7-18(13-20(21)22)26-12-11-23/h5-6,18,20,23H,7-14H2,1-4H3/t18-,20+,21-/m1/s1. The Hall–Kier alpha value is -1.14. The van der Waals surface area contributed by atoms with Crippen LogP contribution in [0.5, 0.6) is 5.75 Å². The van der Waals surface area contributed by atoms with Gasteiger partial charge >= 0.3 is 0 Å². The van der Waals surface area contributed by atoms with Gasteiger partial charge in [-0.05, 0) is 62.3 Å². The minimum absolute atomic E-state index is 0.0471. The zero-order valence-corrected chi connectivity index (χ0v) is 16.6. The Labute approximate surface area is 157 Å². The predicted molar refractivity (Wildman–Crippen MR) is 102 cm³/mol. The van der Waals surface area contributed by atoms with E-state index < -0.39 is 0 Å². The SMILES string of the molecule is COc1ccc(CN2CC[C@]3(OC)CC[C@@H](OCCO)C[C@H]23)c(C)c1C. The number of aliphatic hydroxyl groups is 1. The second-order valence-corrected chi connectivity index (χ2v) is 7.67. The zero-order valence-electron chi connectivity index (χ0n) is 16.6. The lowest BCUT2D eigenvalue weighted by Crippen LogP contribution is -2.51. The van der Waals surface area contributed by atoms with Crippen LogP contribution >= 0.6 is 0 Å². The fraction of sp³-hybridized carbons (Fsp3) is 0.714. The quantitative estimate of drug-likeness (QED) is 0.807. The van der Waals surface area contributed by atoms with Crippen LogP contribution in [0.2, 0.25) is 0 Å². The lowest BCUT2D eigenvalue weighted by molar-refractivity contribution is -0.104. The van der Waals surface area contributed by atoms with Crippen molar-refractivity contribution in [2.75, 3.05) is 34.0 Å². The first-order valence-electron chi connectivity index (χ1n) is 9.69. The Morgan fingerprint density at radius 2 is 2.00 bits per heavy atom. The molecule has 0 radical (unpaired) electrons. The van der Waals surface area contributed by atoms with Crippen LogP contribution in [0.3, 0.4) is 0 Å². The van der Waals surface area contributed by atoms with Crippen LogP contribution in [0.4, 0.5) is 0 Å². The summed E-state index contributed by atoms with van der Waals surface area (Å²) in [6.07, 6.45) is 4.31. The van der Waals surface area contributed by atoms with Gasteiger partial charge in [0.1, 0.15) is 5.75 Å². The molecule has 1 N–H and O–H groups in total. The molecule has 2 fully saturated rings. The van der Waals surface area contributed by atoms with Gasteiger partial charge < -0.3 is 19.3 Å². The lowest BCUT2D eigenvalue weighted by Gasteiger charge is -2.43. The number of methoxy groups -OCH3 is 2. The molecule has 0 spiro atoms. The Morgan fingerprint density at radius 3 is 2.69 bits per heavy atom. The summed E-state index contributed by atoms with van der Waals surface area (Å²) in [6.45, 7) is 6.80. The van der Waals surface area contributed by atoms with E-state index >= 15 is 0 Å². The summed E-state index contributed by atoms with van der Waals surface area (Å²) in [5.41, 5.74) is 3.83. The molecule has 1 heterocycles. The number of aliphatic hydroxyl groups excluding tert-OH is 1. The van der Waals surface area contributed by atoms with Crippen molar-refractivity contribution in [1.29, 1.82) is 0 Å². The highest BCUT2D eigenvalue weighted by Crippen LogP contribution is 2.44. The molecule has 0 aromatic heterocycles. The van der Waals surface area contributed by atoms with Crippen LogP contribution in [0.1, 0.15) is 42.4 Å². The maximum Gasteiger partial charge on any atom is 0.122 e. The molecule has 146 valence electrons. The van der Waals surface area contributed by atoms with E-state index in [9.17, 15) is 0 Å². The van der Waals surface area contributed by atoms with Gasteiger partial charge in [0.2, 0.25) is 0 Å². The van der Waals surface area contributed by atoms with Gasteiger partial charge in [-0.2, -0.15) is 0 Å². The molecule has 1 saturated heterocycles. The first kappa shape index (κ1) is 19.6. The van der Waals surface area contributed by atoms with Crippen LogP contribution in [0.25, 0.3) is 0 Å². The van der Waals surface area contributed by atoms with Gasteiger partial charge in [-0.15, -0.1) is 0 Å². The molecule has 0 bridgehead atoms. The number of nitrogens with zero attached hydrogens (tertiary/aromatic N) is 1. The van der Waals surface area contributed by atoms with Crippen LogP contribution in [-0.2, 0) is 16.0 Å². The summed E-state index contributed by atoms with van der Waals surface area (Å²) < 4.78 is 17.4. The second-order valence-electron chi connectivity index (χ2n) is 7.67. The fourth-order valence-electron chi connectivity index (χ4n) is 4.78. The highest BCUT2D eigenvalue weighted by Gasteiger charge is 2.51. The van der Waals surface area contributed by atoms with Gasteiger partial charge in [0.15, 0.2) is 0 Å². The molecule has 1 saturated carbocycles. The molecule has 3 atom stereocenters. The summed E-state index contributed by atoms with van der Waals surface area (Å²) in [6, 6.07) is 4.63. The Bertz CT molecular complexity index is 620. The number of benzene rings is 1. The van der Waals surface area contributed by atoms with E-state index in [0.29, 0.717) is 12.6 Å². The van der Waals surface area contributed by atoms with E-state index in [0.717, 1.165) is 44.5 Å². The van der Waals surface area contributed by atoms with Crippen LogP contribution < -0.4 is 4.74 Å². The average molecular weight is 363 g/mol. The van der Waals surface area contributed by atoms with Crippen molar-refractivity contribution in [2.45, 2.75) is 63.8 Å². The predicted octanol–water partition coefficient (Wildman–Crippen LogP) is 2.83. The average Bonchev–Trinajstić information content (AvgIpc) is 3.02. The number of rotatable bonds is 7. The zero-order chi connectivity index (χ0) is 18.7. The van der Waals surface area contributed by atoms with Crippen LogP contribution in [0.15, 0.2) is 12.1 Å². The lowest BCUT2D eigenvalue weighted by atomic mass is 9.79. The van der Waals surface area contributed by atoms with Gasteiger partial charge in [-0.25, -0.2) is 0 Å². The largest absolute Gasteiger partial charge is 0.496 e. The third-order valence-electron chi connectivity index (χ3n) is 6.54. The summed E-state index contributed by atoms with van der Waals surface area (Å²) in [7, 11) is 3.58. The molecule has 26 heavy (non-hydrogen) atoms. The third-order valence-corrected chi connectivity index (χ3v) is 6.54. The highest BCUT2D eigenvalue weighted by molar-refractivity contribution is 5.43. The van der Waals surface area contributed by atoms with E-state index in [1.165, 1.54) is 16.7 Å². The van der Waals surface area contributed by atoms with Gasteiger partial charge in [0, 0.05) is 26.2 Å². The minimum Gasteiger partial charge on any atom is -0.496 e. The van der Waals surface area contributed by atoms with Crippen molar-refractivity contribution in [2.24, 2.45) is 0 Å². The molecular formula is C21H33NO4. The molecule has 1 aromatic rings. The molecule has 1 aliphatic heterocycles. The van der Waals surface area contributed by atoms with Crippen LogP contribution in [-0.4, -0.2) is 61.7 Å². The summed E-state index contributed by atoms with van der Waals surface area (Å²) >= 11 is 0. The van der Waals surface area contributed by atoms with Crippen molar-refractivity contribution in [3.63, 3.8) is 0 Å². The molecule has 0 unspecified atom stereocenters. The topological polar surface area (TPSA) is 51.2 Å². The van der Waals surface area contributed by atoms with Crippen LogP contribution in [0, 0.1) is 13.8 Å². The number of likely N-dealkylation sites (tertiary alicyclic amines) is 1. The molecule has 5 nitrogen and oxygen atoms in total. The smallest absolute Gasteiger partial charge is 0.122 e. The summed E-state index contributed by atoms with van der Waals surface area (Å²) in [4.78, 5) is 2.56. The van der Waals surface area contributed by atoms with Crippen molar-refractivity contribution in [3.8, 4) is 5.75 Å². The van der Waals surface area contributed by atoms with E-state index in [-0.39, 0.29) is 18.3 Å².